The van der Waals surface area contributed by atoms with Gasteiger partial charge in [0, 0.05) is 5.30 Å². The van der Waals surface area contributed by atoms with Crippen molar-refractivity contribution in [1.82, 2.24) is 0 Å². The molecule has 0 saturated carbocycles. The number of rotatable bonds is 7. The number of methoxy groups -OCH3 is 2. The highest BCUT2D eigenvalue weighted by Crippen LogP contribution is 2.93. The molecule has 2 atom stereocenters. The minimum Gasteiger partial charge on any atom is -0.466 e. The van der Waals surface area contributed by atoms with Crippen LogP contribution in [0.15, 0.2) is 163 Å². The molecule has 5 nitrogen and oxygen atoms in total. The van der Waals surface area contributed by atoms with Crippen LogP contribution in [0.5, 0.6) is 0 Å². The Morgan fingerprint density at radius 1 is 0.478 bits per heavy atom. The Morgan fingerprint density at radius 3 is 1.11 bits per heavy atom. The monoisotopic (exact) mass is 622 g/mol. The summed E-state index contributed by atoms with van der Waals surface area (Å²) in [7, 11) is -1.55. The summed E-state index contributed by atoms with van der Waals surface area (Å²) in [6, 6.07) is 47.6. The quantitative estimate of drug-likeness (QED) is 0.137. The molecular weight excluding hydrogens is 591 g/mol. The fourth-order valence-corrected chi connectivity index (χ4v) is 12.8. The second kappa shape index (κ2) is 11.3. The maximum atomic E-state index is 17.5. The third kappa shape index (κ3) is 3.66. The Bertz CT molecular complexity index is 1930. The van der Waals surface area contributed by atoms with Crippen LogP contribution in [-0.4, -0.2) is 26.2 Å². The van der Waals surface area contributed by atoms with E-state index in [9.17, 15) is 9.59 Å². The molecule has 46 heavy (non-hydrogen) atoms. The molecule has 5 aromatic rings. The van der Waals surface area contributed by atoms with E-state index in [1.165, 1.54) is 14.2 Å². The van der Waals surface area contributed by atoms with Gasteiger partial charge in [-0.15, -0.1) is 0 Å². The second-order valence-corrected chi connectivity index (χ2v) is 14.4. The Balaban J connectivity index is 1.87. The van der Waals surface area contributed by atoms with E-state index in [0.29, 0.717) is 27.6 Å². The number of ether oxygens (including phenoxy) is 2. The van der Waals surface area contributed by atoms with Crippen molar-refractivity contribution in [3.63, 3.8) is 0 Å². The van der Waals surface area contributed by atoms with Crippen molar-refractivity contribution in [3.05, 3.63) is 185 Å². The van der Waals surface area contributed by atoms with E-state index in [0.717, 1.165) is 11.1 Å². The summed E-state index contributed by atoms with van der Waals surface area (Å²) in [5, 5.41) is -2.76. The van der Waals surface area contributed by atoms with Crippen molar-refractivity contribution in [3.8, 4) is 0 Å². The van der Waals surface area contributed by atoms with Gasteiger partial charge in [-0.1, -0.05) is 152 Å². The molecule has 6 heteroatoms. The fourth-order valence-electron chi connectivity index (χ4n) is 7.80. The minimum atomic E-state index is -4.14. The van der Waals surface area contributed by atoms with Crippen molar-refractivity contribution in [2.75, 3.05) is 14.2 Å². The normalized spacial score (nSPS) is 23.3. The van der Waals surface area contributed by atoms with E-state index in [4.69, 9.17) is 9.47 Å². The number of carbonyl (C=O) groups is 2. The topological polar surface area (TPSA) is 69.7 Å². The number of esters is 2. The van der Waals surface area contributed by atoms with Crippen LogP contribution in [0.2, 0.25) is 0 Å². The van der Waals surface area contributed by atoms with Gasteiger partial charge in [-0.05, 0) is 33.4 Å². The van der Waals surface area contributed by atoms with E-state index in [1.54, 1.807) is 0 Å². The number of benzene rings is 5. The zero-order chi connectivity index (χ0) is 31.9. The Morgan fingerprint density at radius 2 is 0.783 bits per heavy atom. The van der Waals surface area contributed by atoms with E-state index in [1.807, 2.05) is 152 Å². The summed E-state index contributed by atoms with van der Waals surface area (Å²) in [5.74, 6) is -1.47. The average Bonchev–Trinajstić information content (AvgIpc) is 3.48. The molecule has 0 aromatic heterocycles. The molecule has 0 saturated heterocycles. The van der Waals surface area contributed by atoms with Crippen molar-refractivity contribution >= 4 is 35.5 Å². The molecule has 2 bridgehead atoms. The third-order valence-electron chi connectivity index (χ3n) is 9.30. The highest BCUT2D eigenvalue weighted by atomic mass is 31.2. The summed E-state index contributed by atoms with van der Waals surface area (Å²) in [4.78, 5) is 29.0. The fraction of sp³-hybridized carbons (Fsp3) is 0.100. The first-order valence-electron chi connectivity index (χ1n) is 15.0. The van der Waals surface area contributed by atoms with Gasteiger partial charge in [-0.2, -0.15) is 0 Å². The molecule has 2 heterocycles. The third-order valence-corrected chi connectivity index (χ3v) is 13.6. The number of fused-ring (bicyclic) bond motifs is 2. The molecule has 0 aliphatic carbocycles. The van der Waals surface area contributed by atoms with Crippen LogP contribution in [0.25, 0.3) is 11.1 Å². The highest BCUT2D eigenvalue weighted by molar-refractivity contribution is 7.76. The molecule has 226 valence electrons. The van der Waals surface area contributed by atoms with Crippen LogP contribution in [0.3, 0.4) is 0 Å². The molecule has 7 rings (SSSR count). The molecule has 0 N–H and O–H groups in total. The van der Waals surface area contributed by atoms with Gasteiger partial charge in [-0.25, -0.2) is 9.59 Å². The van der Waals surface area contributed by atoms with Crippen molar-refractivity contribution < 1.29 is 23.6 Å². The largest absolute Gasteiger partial charge is 0.466 e. The van der Waals surface area contributed by atoms with Crippen molar-refractivity contribution in [2.45, 2.75) is 10.3 Å². The summed E-state index contributed by atoms with van der Waals surface area (Å²) >= 11 is 0. The predicted octanol–water partition coefficient (Wildman–Crippen LogP) is 7.75. The number of carbonyl (C=O) groups excluding carboxylic acids is 2. The van der Waals surface area contributed by atoms with E-state index >= 15 is 4.57 Å². The van der Waals surface area contributed by atoms with E-state index < -0.39 is 29.4 Å². The van der Waals surface area contributed by atoms with Gasteiger partial charge >= 0.3 is 11.9 Å². The van der Waals surface area contributed by atoms with Crippen LogP contribution in [0.1, 0.15) is 22.3 Å². The lowest BCUT2D eigenvalue weighted by Gasteiger charge is -2.40. The molecule has 0 fully saturated rings. The molecule has 0 amide bonds. The van der Waals surface area contributed by atoms with Crippen LogP contribution in [-0.2, 0) is 33.9 Å². The van der Waals surface area contributed by atoms with Crippen LogP contribution >= 0.6 is 7.14 Å². The van der Waals surface area contributed by atoms with Crippen LogP contribution < -0.4 is 5.30 Å². The maximum absolute atomic E-state index is 17.5. The lowest BCUT2D eigenvalue weighted by molar-refractivity contribution is -0.139. The van der Waals surface area contributed by atoms with Gasteiger partial charge in [0.15, 0.2) is 7.14 Å². The first-order valence-corrected chi connectivity index (χ1v) is 16.7. The van der Waals surface area contributed by atoms with E-state index in [2.05, 4.69) is 0 Å². The van der Waals surface area contributed by atoms with Crippen LogP contribution in [0.4, 0.5) is 0 Å². The lowest BCUT2D eigenvalue weighted by Crippen LogP contribution is -2.34. The summed E-state index contributed by atoms with van der Waals surface area (Å²) in [5.41, 5.74) is 4.24. The number of hydrogen-bond acceptors (Lipinski definition) is 5. The minimum absolute atomic E-state index is 0.0302. The highest BCUT2D eigenvalue weighted by Gasteiger charge is 2.81. The summed E-state index contributed by atoms with van der Waals surface area (Å²) in [6.45, 7) is 0. The molecule has 5 aromatic carbocycles. The smallest absolute Gasteiger partial charge is 0.336 e. The zero-order valence-electron chi connectivity index (χ0n) is 25.4. The van der Waals surface area contributed by atoms with Gasteiger partial charge in [0.25, 0.3) is 0 Å². The summed E-state index contributed by atoms with van der Waals surface area (Å²) in [6.07, 6.45) is 0. The Labute approximate surface area is 268 Å². The first kappa shape index (κ1) is 29.5. The van der Waals surface area contributed by atoms with Crippen molar-refractivity contribution in [1.29, 1.82) is 0 Å². The molecule has 2 aliphatic heterocycles. The molecule has 0 radical (unpaired) electrons. The SMILES string of the molecule is COC(=O)C1=C(C(=O)OC)C2(c3ccccc3)C(c3ccccc3)=C(c3ccccc3)C1(c1ccccc1)P2(=O)c1ccccc1. The molecule has 2 aliphatic rings. The Kier molecular flexibility index (Phi) is 7.22. The van der Waals surface area contributed by atoms with Gasteiger partial charge in [0.2, 0.25) is 0 Å². The molecule has 2 unspecified atom stereocenters. The lowest BCUT2D eigenvalue weighted by atomic mass is 9.65. The number of allylic oxidation sites excluding steroid dienone is 2. The zero-order valence-corrected chi connectivity index (χ0v) is 26.3. The molecular formula is C40H31O5P. The first-order chi connectivity index (χ1) is 22.5. The average molecular weight is 623 g/mol. The molecule has 0 spiro atoms. The van der Waals surface area contributed by atoms with Gasteiger partial charge < -0.3 is 14.0 Å². The Hall–Kier alpha value is -5.25. The predicted molar refractivity (Wildman–Crippen MR) is 181 cm³/mol. The van der Waals surface area contributed by atoms with Crippen molar-refractivity contribution in [2.24, 2.45) is 0 Å². The maximum Gasteiger partial charge on any atom is 0.336 e. The summed E-state index contributed by atoms with van der Waals surface area (Å²) < 4.78 is 28.6. The standard InChI is InChI=1S/C40H31O5P/c1-44-37(41)35-36(38(42)45-2)40(31-24-14-6-15-25-31)34(29-20-10-4-11-21-29)33(28-18-8-3-9-19-28)39(35,30-22-12-5-13-23-30)46(40,43)32-26-16-7-17-27-32/h3-27H,1-2H3. The van der Waals surface area contributed by atoms with Gasteiger partial charge in [0.1, 0.15) is 10.3 Å². The van der Waals surface area contributed by atoms with Crippen LogP contribution in [0, 0.1) is 0 Å². The van der Waals surface area contributed by atoms with Gasteiger partial charge in [0.05, 0.1) is 25.4 Å². The second-order valence-electron chi connectivity index (χ2n) is 11.3. The van der Waals surface area contributed by atoms with Gasteiger partial charge in [-0.3, -0.25) is 0 Å². The number of hydrogen-bond donors (Lipinski definition) is 0. The van der Waals surface area contributed by atoms with E-state index in [-0.39, 0.29) is 11.1 Å².